The van der Waals surface area contributed by atoms with Gasteiger partial charge in [0.1, 0.15) is 0 Å². The summed E-state index contributed by atoms with van der Waals surface area (Å²) in [7, 11) is 0. The van der Waals surface area contributed by atoms with Crippen molar-refractivity contribution in [3.8, 4) is 0 Å². The fraction of sp³-hybridized carbons (Fsp3) is 0.500. The Morgan fingerprint density at radius 2 is 2.00 bits per heavy atom. The van der Waals surface area contributed by atoms with Crippen molar-refractivity contribution in [2.24, 2.45) is 5.92 Å². The van der Waals surface area contributed by atoms with Crippen LogP contribution in [0.25, 0.3) is 0 Å². The minimum Gasteiger partial charge on any atom is -0.326 e. The Balaban J connectivity index is 2.77. The topological polar surface area (TPSA) is 29.1 Å². The minimum absolute atomic E-state index is 0.0682. The summed E-state index contributed by atoms with van der Waals surface area (Å²) in [5.41, 5.74) is 2.02. The average Bonchev–Trinajstić information content (AvgIpc) is 2.29. The number of benzene rings is 1. The lowest BCUT2D eigenvalue weighted by molar-refractivity contribution is -0.119. The Labute approximate surface area is 112 Å². The van der Waals surface area contributed by atoms with E-state index in [4.69, 9.17) is 0 Å². The first-order chi connectivity index (χ1) is 8.06. The molecule has 1 amide bonds. The van der Waals surface area contributed by atoms with Crippen molar-refractivity contribution >= 4 is 27.5 Å². The van der Waals surface area contributed by atoms with Gasteiger partial charge in [-0.05, 0) is 25.0 Å². The Morgan fingerprint density at radius 3 is 2.59 bits per heavy atom. The molecule has 0 fully saturated rings. The molecule has 2 unspecified atom stereocenters. The lowest BCUT2D eigenvalue weighted by Crippen LogP contribution is -2.21. The molecule has 1 rings (SSSR count). The number of anilines is 1. The quantitative estimate of drug-likeness (QED) is 0.796. The van der Waals surface area contributed by atoms with Gasteiger partial charge in [-0.25, -0.2) is 0 Å². The summed E-state index contributed by atoms with van der Waals surface area (Å²) < 4.78 is 0. The van der Waals surface area contributed by atoms with Crippen LogP contribution in [0.1, 0.15) is 44.0 Å². The number of nitrogens with one attached hydrogen (secondary N) is 1. The van der Waals surface area contributed by atoms with Crippen molar-refractivity contribution in [3.63, 3.8) is 0 Å². The van der Waals surface area contributed by atoms with Crippen LogP contribution in [0.4, 0.5) is 5.69 Å². The van der Waals surface area contributed by atoms with Gasteiger partial charge in [-0.15, -0.1) is 0 Å². The standard InChI is InChI=1S/C14H20BrNO/c1-4-7-10(2)14(17)16-13-9-6-5-8-12(13)11(3)15/h5-6,8-11H,4,7H2,1-3H3,(H,16,17). The molecule has 0 aliphatic carbocycles. The fourth-order valence-electron chi connectivity index (χ4n) is 1.78. The van der Waals surface area contributed by atoms with E-state index in [2.05, 4.69) is 35.1 Å². The van der Waals surface area contributed by atoms with Crippen molar-refractivity contribution in [1.29, 1.82) is 0 Å². The number of carbonyl (C=O) groups excluding carboxylic acids is 1. The molecule has 17 heavy (non-hydrogen) atoms. The van der Waals surface area contributed by atoms with Crippen LogP contribution in [0.2, 0.25) is 0 Å². The molecule has 0 spiro atoms. The van der Waals surface area contributed by atoms with Gasteiger partial charge < -0.3 is 5.32 Å². The third-order valence-corrected chi connectivity index (χ3v) is 3.31. The number of amides is 1. The summed E-state index contributed by atoms with van der Waals surface area (Å²) in [5.74, 6) is 0.172. The van der Waals surface area contributed by atoms with Gasteiger partial charge in [0.2, 0.25) is 5.91 Å². The SMILES string of the molecule is CCCC(C)C(=O)Nc1ccccc1C(C)Br. The summed E-state index contributed by atoms with van der Waals surface area (Å²) in [4.78, 5) is 12.2. The van der Waals surface area contributed by atoms with E-state index in [1.807, 2.05) is 31.2 Å². The zero-order chi connectivity index (χ0) is 12.8. The Hall–Kier alpha value is -0.830. The largest absolute Gasteiger partial charge is 0.326 e. The predicted octanol–water partition coefficient (Wildman–Crippen LogP) is 4.52. The second-order valence-corrected chi connectivity index (χ2v) is 5.76. The van der Waals surface area contributed by atoms with Crippen molar-refractivity contribution in [1.82, 2.24) is 0 Å². The molecule has 0 saturated carbocycles. The second-order valence-electron chi connectivity index (χ2n) is 4.38. The predicted molar refractivity (Wildman–Crippen MR) is 76.5 cm³/mol. The third-order valence-electron chi connectivity index (χ3n) is 2.82. The molecule has 0 saturated heterocycles. The number of rotatable bonds is 5. The van der Waals surface area contributed by atoms with Gasteiger partial charge in [-0.3, -0.25) is 4.79 Å². The van der Waals surface area contributed by atoms with E-state index in [1.54, 1.807) is 0 Å². The molecular formula is C14H20BrNO. The summed E-state index contributed by atoms with van der Waals surface area (Å²) in [6.07, 6.45) is 1.96. The monoisotopic (exact) mass is 297 g/mol. The van der Waals surface area contributed by atoms with Gasteiger partial charge in [-0.1, -0.05) is 54.4 Å². The van der Waals surface area contributed by atoms with E-state index in [0.717, 1.165) is 24.1 Å². The van der Waals surface area contributed by atoms with Gasteiger partial charge in [0.25, 0.3) is 0 Å². The average molecular weight is 298 g/mol. The van der Waals surface area contributed by atoms with Crippen molar-refractivity contribution in [2.45, 2.75) is 38.4 Å². The van der Waals surface area contributed by atoms with Gasteiger partial charge in [-0.2, -0.15) is 0 Å². The highest BCUT2D eigenvalue weighted by molar-refractivity contribution is 9.09. The van der Waals surface area contributed by atoms with Crippen molar-refractivity contribution in [3.05, 3.63) is 29.8 Å². The molecule has 0 aromatic heterocycles. The van der Waals surface area contributed by atoms with Gasteiger partial charge in [0, 0.05) is 16.4 Å². The van der Waals surface area contributed by atoms with Crippen LogP contribution >= 0.6 is 15.9 Å². The van der Waals surface area contributed by atoms with Crippen LogP contribution in [-0.4, -0.2) is 5.91 Å². The van der Waals surface area contributed by atoms with E-state index >= 15 is 0 Å². The van der Waals surface area contributed by atoms with Crippen molar-refractivity contribution in [2.75, 3.05) is 5.32 Å². The molecule has 1 aromatic rings. The van der Waals surface area contributed by atoms with Crippen LogP contribution in [-0.2, 0) is 4.79 Å². The minimum atomic E-state index is 0.0682. The maximum absolute atomic E-state index is 12.0. The van der Waals surface area contributed by atoms with Gasteiger partial charge in [0.15, 0.2) is 0 Å². The van der Waals surface area contributed by atoms with Crippen LogP contribution in [0, 0.1) is 5.92 Å². The molecule has 0 aliphatic rings. The second kappa shape index (κ2) is 6.80. The molecule has 0 bridgehead atoms. The highest BCUT2D eigenvalue weighted by Gasteiger charge is 2.14. The number of para-hydroxylation sites is 1. The smallest absolute Gasteiger partial charge is 0.227 e. The van der Waals surface area contributed by atoms with Crippen LogP contribution in [0.3, 0.4) is 0 Å². The maximum Gasteiger partial charge on any atom is 0.227 e. The third kappa shape index (κ3) is 4.15. The molecular weight excluding hydrogens is 278 g/mol. The summed E-state index contributed by atoms with van der Waals surface area (Å²) in [5, 5.41) is 3.01. The molecule has 1 N–H and O–H groups in total. The first-order valence-electron chi connectivity index (χ1n) is 6.10. The highest BCUT2D eigenvalue weighted by Crippen LogP contribution is 2.29. The zero-order valence-corrected chi connectivity index (χ0v) is 12.3. The number of hydrogen-bond acceptors (Lipinski definition) is 1. The molecule has 3 heteroatoms. The Bertz CT molecular complexity index is 376. The Morgan fingerprint density at radius 1 is 1.35 bits per heavy atom. The molecule has 2 atom stereocenters. The van der Waals surface area contributed by atoms with E-state index < -0.39 is 0 Å². The van der Waals surface area contributed by atoms with Gasteiger partial charge >= 0.3 is 0 Å². The summed E-state index contributed by atoms with van der Waals surface area (Å²) in [6, 6.07) is 7.90. The maximum atomic E-state index is 12.0. The number of alkyl halides is 1. The van der Waals surface area contributed by atoms with E-state index in [9.17, 15) is 4.79 Å². The first-order valence-corrected chi connectivity index (χ1v) is 7.01. The fourth-order valence-corrected chi connectivity index (χ4v) is 2.18. The molecule has 0 heterocycles. The number of carbonyl (C=O) groups is 1. The molecule has 0 aliphatic heterocycles. The molecule has 1 aromatic carbocycles. The lowest BCUT2D eigenvalue weighted by Gasteiger charge is -2.15. The lowest BCUT2D eigenvalue weighted by atomic mass is 10.0. The number of halogens is 1. The van der Waals surface area contributed by atoms with E-state index in [0.29, 0.717) is 0 Å². The number of hydrogen-bond donors (Lipinski definition) is 1. The van der Waals surface area contributed by atoms with Crippen LogP contribution in [0.5, 0.6) is 0 Å². The van der Waals surface area contributed by atoms with Gasteiger partial charge in [0.05, 0.1) is 0 Å². The summed E-state index contributed by atoms with van der Waals surface area (Å²) >= 11 is 3.54. The summed E-state index contributed by atoms with van der Waals surface area (Å²) in [6.45, 7) is 6.12. The van der Waals surface area contributed by atoms with E-state index in [-0.39, 0.29) is 16.7 Å². The zero-order valence-electron chi connectivity index (χ0n) is 10.7. The van der Waals surface area contributed by atoms with Crippen molar-refractivity contribution < 1.29 is 4.79 Å². The first kappa shape index (κ1) is 14.2. The van der Waals surface area contributed by atoms with E-state index in [1.165, 1.54) is 0 Å². The Kier molecular flexibility index (Phi) is 5.69. The molecule has 2 nitrogen and oxygen atoms in total. The van der Waals surface area contributed by atoms with Crippen LogP contribution in [0.15, 0.2) is 24.3 Å². The van der Waals surface area contributed by atoms with Crippen LogP contribution < -0.4 is 5.32 Å². The normalized spacial score (nSPS) is 14.1. The highest BCUT2D eigenvalue weighted by atomic mass is 79.9. The molecule has 0 radical (unpaired) electrons. The molecule has 94 valence electrons.